The summed E-state index contributed by atoms with van der Waals surface area (Å²) in [7, 11) is 1.69. The van der Waals surface area contributed by atoms with Crippen LogP contribution in [0.25, 0.3) is 11.3 Å². The summed E-state index contributed by atoms with van der Waals surface area (Å²) < 4.78 is 21.8. The van der Waals surface area contributed by atoms with Gasteiger partial charge in [0.25, 0.3) is 5.56 Å². The third-order valence-corrected chi connectivity index (χ3v) is 6.25. The maximum atomic E-state index is 14.3. The van der Waals surface area contributed by atoms with Crippen molar-refractivity contribution in [2.75, 3.05) is 42.6 Å². The molecular weight excluding hydrogens is 463 g/mol. The van der Waals surface area contributed by atoms with Crippen molar-refractivity contribution in [1.82, 2.24) is 14.5 Å². The highest BCUT2D eigenvalue weighted by atomic mass is 19.1. The van der Waals surface area contributed by atoms with Crippen LogP contribution in [0.3, 0.4) is 0 Å². The molecule has 1 unspecified atom stereocenters. The minimum atomic E-state index is -0.503. The van der Waals surface area contributed by atoms with E-state index >= 15 is 0 Å². The van der Waals surface area contributed by atoms with E-state index in [2.05, 4.69) is 44.9 Å². The molecule has 2 fully saturated rings. The van der Waals surface area contributed by atoms with E-state index < -0.39 is 5.82 Å². The lowest BCUT2D eigenvalue weighted by Gasteiger charge is -2.34. The molecule has 2 saturated heterocycles. The van der Waals surface area contributed by atoms with Crippen LogP contribution in [0, 0.1) is 5.82 Å². The zero-order valence-electron chi connectivity index (χ0n) is 20.6. The molecule has 0 radical (unpaired) electrons. The van der Waals surface area contributed by atoms with Gasteiger partial charge in [-0.1, -0.05) is 12.1 Å². The first-order valence-corrected chi connectivity index (χ1v) is 12.0. The fraction of sp³-hybridized carbons (Fsp3) is 0.385. The summed E-state index contributed by atoms with van der Waals surface area (Å²) in [6, 6.07) is 11.4. The van der Waals surface area contributed by atoms with Crippen molar-refractivity contribution in [3.63, 3.8) is 0 Å². The van der Waals surface area contributed by atoms with Crippen molar-refractivity contribution in [3.05, 3.63) is 70.5 Å². The molecule has 1 amide bonds. The Kier molecular flexibility index (Phi) is 7.94. The Morgan fingerprint density at radius 1 is 1.11 bits per heavy atom. The summed E-state index contributed by atoms with van der Waals surface area (Å²) in [4.78, 5) is 34.7. The summed E-state index contributed by atoms with van der Waals surface area (Å²) in [5.74, 6) is -0.331. The Morgan fingerprint density at radius 3 is 2.47 bits per heavy atom. The molecule has 4 heterocycles. The number of morpholine rings is 1. The average Bonchev–Trinajstić information content (AvgIpc) is 3.41. The Bertz CT molecular complexity index is 1250. The number of benzene rings is 1. The number of carbonyl (C=O) groups excluding carboxylic acids is 1. The number of pyridine rings is 1. The van der Waals surface area contributed by atoms with Gasteiger partial charge in [-0.15, -0.1) is 0 Å². The molecule has 190 valence electrons. The van der Waals surface area contributed by atoms with Crippen molar-refractivity contribution >= 4 is 17.5 Å². The predicted molar refractivity (Wildman–Crippen MR) is 136 cm³/mol. The highest BCUT2D eigenvalue weighted by molar-refractivity contribution is 5.70. The second-order valence-corrected chi connectivity index (χ2v) is 8.90. The van der Waals surface area contributed by atoms with E-state index in [9.17, 15) is 14.0 Å². The molecule has 36 heavy (non-hydrogen) atoms. The number of primary amides is 1. The number of aromatic nitrogens is 3. The minimum absolute atomic E-state index is 0.130. The van der Waals surface area contributed by atoms with E-state index in [0.717, 1.165) is 24.8 Å². The van der Waals surface area contributed by atoms with Gasteiger partial charge in [0.15, 0.2) is 5.82 Å². The van der Waals surface area contributed by atoms with Crippen molar-refractivity contribution < 1.29 is 13.9 Å². The fourth-order valence-corrected chi connectivity index (χ4v) is 4.44. The lowest BCUT2D eigenvalue weighted by atomic mass is 10.1. The van der Waals surface area contributed by atoms with Crippen molar-refractivity contribution in [3.8, 4) is 11.3 Å². The number of hydrogen-bond donors (Lipinski definition) is 1. The molecule has 0 spiro atoms. The zero-order valence-corrected chi connectivity index (χ0v) is 20.6. The van der Waals surface area contributed by atoms with Crippen LogP contribution < -0.4 is 21.1 Å². The van der Waals surface area contributed by atoms with Gasteiger partial charge in [-0.3, -0.25) is 19.1 Å². The van der Waals surface area contributed by atoms with E-state index in [-0.39, 0.29) is 23.1 Å². The third kappa shape index (κ3) is 5.88. The van der Waals surface area contributed by atoms with Gasteiger partial charge in [-0.05, 0) is 36.6 Å². The van der Waals surface area contributed by atoms with E-state index in [1.54, 1.807) is 7.05 Å². The molecule has 2 aliphatic heterocycles. The second kappa shape index (κ2) is 11.3. The summed E-state index contributed by atoms with van der Waals surface area (Å²) in [6.45, 7) is 5.21. The number of amides is 1. The monoisotopic (exact) mass is 494 g/mol. The lowest BCUT2D eigenvalue weighted by Crippen LogP contribution is -2.41. The minimum Gasteiger partial charge on any atom is -0.372 e. The van der Waals surface area contributed by atoms with Gasteiger partial charge in [-0.2, -0.15) is 0 Å². The quantitative estimate of drug-likeness (QED) is 0.594. The fourth-order valence-electron chi connectivity index (χ4n) is 4.44. The number of nitrogens with two attached hydrogens (primary N) is 1. The van der Waals surface area contributed by atoms with Gasteiger partial charge in [0, 0.05) is 57.1 Å². The maximum absolute atomic E-state index is 14.3. The lowest BCUT2D eigenvalue weighted by molar-refractivity contribution is -0.115. The van der Waals surface area contributed by atoms with Crippen molar-refractivity contribution in [2.45, 2.75) is 25.9 Å². The summed E-state index contributed by atoms with van der Waals surface area (Å²) in [6.07, 6.45) is 4.99. The topological polar surface area (TPSA) is 107 Å². The van der Waals surface area contributed by atoms with E-state index in [4.69, 9.17) is 4.74 Å². The number of ether oxygens (including phenoxy) is 1. The van der Waals surface area contributed by atoms with Crippen LogP contribution in [0.2, 0.25) is 0 Å². The van der Waals surface area contributed by atoms with E-state index in [1.807, 2.05) is 4.90 Å². The Balaban J connectivity index is 0.000000709. The van der Waals surface area contributed by atoms with Crippen LogP contribution in [0.4, 0.5) is 16.0 Å². The number of hydrogen-bond acceptors (Lipinski definition) is 7. The molecule has 1 atom stereocenters. The summed E-state index contributed by atoms with van der Waals surface area (Å²) in [5.41, 5.74) is 7.15. The Labute approximate surface area is 209 Å². The largest absolute Gasteiger partial charge is 0.372 e. The molecule has 5 rings (SSSR count). The SMILES string of the molecule is CC(N)=O.Cn1c(N2CCOC(c3ccc(N4CCCC4)cc3)C2)nc(-c2ccncc2F)cc1=O. The third-order valence-electron chi connectivity index (χ3n) is 6.25. The normalized spacial score (nSPS) is 17.5. The molecular formula is C26H31FN6O3. The molecule has 0 aliphatic carbocycles. The van der Waals surface area contributed by atoms with Gasteiger partial charge >= 0.3 is 0 Å². The first kappa shape index (κ1) is 25.3. The highest BCUT2D eigenvalue weighted by Crippen LogP contribution is 2.28. The number of carbonyl (C=O) groups is 1. The predicted octanol–water partition coefficient (Wildman–Crippen LogP) is 2.65. The smallest absolute Gasteiger partial charge is 0.255 e. The molecule has 0 bridgehead atoms. The second-order valence-electron chi connectivity index (χ2n) is 8.90. The van der Waals surface area contributed by atoms with Crippen LogP contribution in [-0.2, 0) is 16.6 Å². The van der Waals surface area contributed by atoms with E-state index in [1.165, 1.54) is 48.3 Å². The Morgan fingerprint density at radius 2 is 1.81 bits per heavy atom. The number of anilines is 2. The van der Waals surface area contributed by atoms with Crippen LogP contribution in [0.15, 0.2) is 53.6 Å². The van der Waals surface area contributed by atoms with Crippen LogP contribution in [0.1, 0.15) is 31.4 Å². The maximum Gasteiger partial charge on any atom is 0.255 e. The number of rotatable bonds is 4. The van der Waals surface area contributed by atoms with Gasteiger partial charge in [0.1, 0.15) is 6.10 Å². The highest BCUT2D eigenvalue weighted by Gasteiger charge is 2.26. The summed E-state index contributed by atoms with van der Waals surface area (Å²) in [5, 5.41) is 0. The molecule has 2 aromatic heterocycles. The van der Waals surface area contributed by atoms with Gasteiger partial charge in [-0.25, -0.2) is 9.37 Å². The molecule has 0 saturated carbocycles. The number of halogens is 1. The van der Waals surface area contributed by atoms with Crippen molar-refractivity contribution in [1.29, 1.82) is 0 Å². The number of nitrogens with zero attached hydrogens (tertiary/aromatic N) is 5. The Hall–Kier alpha value is -3.79. The molecule has 3 aromatic rings. The standard InChI is InChI=1S/C24H26FN5O2.C2H5NO/c1-28-23(31)14-21(19-8-9-26-15-20(19)25)27-24(28)30-12-13-32-22(16-30)17-4-6-18(7-5-17)29-10-2-3-11-29;1-2(3)4/h4-9,14-15,22H,2-3,10-13,16H2,1H3;1H3,(H2,3,4). The van der Waals surface area contributed by atoms with Crippen LogP contribution in [-0.4, -0.2) is 53.2 Å². The van der Waals surface area contributed by atoms with Gasteiger partial charge < -0.3 is 20.3 Å². The van der Waals surface area contributed by atoms with Crippen LogP contribution >= 0.6 is 0 Å². The van der Waals surface area contributed by atoms with Crippen molar-refractivity contribution in [2.24, 2.45) is 12.8 Å². The molecule has 2 N–H and O–H groups in total. The first-order chi connectivity index (χ1) is 17.3. The summed E-state index contributed by atoms with van der Waals surface area (Å²) >= 11 is 0. The van der Waals surface area contributed by atoms with Crippen LogP contribution in [0.5, 0.6) is 0 Å². The average molecular weight is 495 g/mol. The van der Waals surface area contributed by atoms with Gasteiger partial charge in [0.2, 0.25) is 11.9 Å². The molecule has 1 aromatic carbocycles. The van der Waals surface area contributed by atoms with Gasteiger partial charge in [0.05, 0.1) is 25.0 Å². The molecule has 9 nitrogen and oxygen atoms in total. The zero-order chi connectivity index (χ0) is 25.7. The molecule has 2 aliphatic rings. The first-order valence-electron chi connectivity index (χ1n) is 12.0. The van der Waals surface area contributed by atoms with E-state index in [0.29, 0.717) is 31.3 Å². The molecule has 10 heteroatoms.